The van der Waals surface area contributed by atoms with Crippen molar-refractivity contribution in [2.24, 2.45) is 11.3 Å². The molecule has 1 saturated heterocycles. The Balaban J connectivity index is 2.17. The molecule has 0 aliphatic carbocycles. The highest BCUT2D eigenvalue weighted by Gasteiger charge is 2.41. The van der Waals surface area contributed by atoms with E-state index in [2.05, 4.69) is 24.5 Å². The number of ether oxygens (including phenoxy) is 1. The zero-order valence-electron chi connectivity index (χ0n) is 27.0. The summed E-state index contributed by atoms with van der Waals surface area (Å²) in [6.07, 6.45) is 4.15. The number of rotatable bonds is 13. The van der Waals surface area contributed by atoms with Gasteiger partial charge in [-0.15, -0.1) is 0 Å². The smallest absolute Gasteiger partial charge is 0.248 e. The number of nitrogens with one attached hydrogen (secondary N) is 2. The van der Waals surface area contributed by atoms with Crippen molar-refractivity contribution in [1.82, 2.24) is 20.4 Å². The van der Waals surface area contributed by atoms with Crippen LogP contribution in [0.15, 0.2) is 42.0 Å². The third-order valence-electron chi connectivity index (χ3n) is 8.14. The largest absolute Gasteiger partial charge is 0.367 e. The van der Waals surface area contributed by atoms with Crippen LogP contribution >= 0.6 is 0 Å². The summed E-state index contributed by atoms with van der Waals surface area (Å²) in [6, 6.07) is 8.45. The van der Waals surface area contributed by atoms with Crippen molar-refractivity contribution >= 4 is 17.7 Å². The fraction of sp³-hybridized carbons (Fsp3) is 0.667. The molecule has 41 heavy (non-hydrogen) atoms. The van der Waals surface area contributed by atoms with Gasteiger partial charge >= 0.3 is 0 Å². The summed E-state index contributed by atoms with van der Waals surface area (Å²) in [5.74, 6) is -0.205. The molecular weight excluding hydrogens is 516 g/mol. The summed E-state index contributed by atoms with van der Waals surface area (Å²) >= 11 is 0. The van der Waals surface area contributed by atoms with Crippen molar-refractivity contribution < 1.29 is 19.1 Å². The molecule has 3 amide bonds. The maximum atomic E-state index is 14.0. The number of benzene rings is 1. The SMILES string of the molecule is CN[C@H](C(=O)N[C@H](C(=O)N(C)[C@H](/C=C(\C)COCC(=O)N1CCCC1)C(C)C)C(C)(C)C)C(C)(C)c1ccccc1. The Morgan fingerprint density at radius 1 is 1.00 bits per heavy atom. The number of hydrogen-bond donors (Lipinski definition) is 2. The lowest BCUT2D eigenvalue weighted by Gasteiger charge is -2.40. The van der Waals surface area contributed by atoms with Crippen LogP contribution in [0.5, 0.6) is 0 Å². The summed E-state index contributed by atoms with van der Waals surface area (Å²) in [4.78, 5) is 43.6. The Morgan fingerprint density at radius 3 is 2.10 bits per heavy atom. The van der Waals surface area contributed by atoms with Gasteiger partial charge in [-0.3, -0.25) is 14.4 Å². The molecule has 3 atom stereocenters. The van der Waals surface area contributed by atoms with Gasteiger partial charge in [0.2, 0.25) is 17.7 Å². The lowest BCUT2D eigenvalue weighted by atomic mass is 9.76. The fourth-order valence-corrected chi connectivity index (χ4v) is 5.53. The van der Waals surface area contributed by atoms with Gasteiger partial charge in [-0.05, 0) is 49.3 Å². The van der Waals surface area contributed by atoms with Crippen molar-refractivity contribution in [1.29, 1.82) is 0 Å². The molecular formula is C33H54N4O4. The zero-order valence-corrected chi connectivity index (χ0v) is 27.0. The van der Waals surface area contributed by atoms with Gasteiger partial charge in [0.1, 0.15) is 12.6 Å². The van der Waals surface area contributed by atoms with E-state index in [0.29, 0.717) is 6.61 Å². The van der Waals surface area contributed by atoms with E-state index in [-0.39, 0.29) is 36.3 Å². The van der Waals surface area contributed by atoms with Crippen LogP contribution in [-0.4, -0.2) is 86.0 Å². The average molecular weight is 571 g/mol. The predicted molar refractivity (Wildman–Crippen MR) is 165 cm³/mol. The molecule has 0 saturated carbocycles. The number of likely N-dealkylation sites (tertiary alicyclic amines) is 1. The molecule has 0 aromatic heterocycles. The summed E-state index contributed by atoms with van der Waals surface area (Å²) in [5, 5.41) is 6.30. The van der Waals surface area contributed by atoms with E-state index in [4.69, 9.17) is 4.74 Å². The van der Waals surface area contributed by atoms with E-state index >= 15 is 0 Å². The van der Waals surface area contributed by atoms with E-state index in [9.17, 15) is 14.4 Å². The molecule has 0 bridgehead atoms. The molecule has 2 rings (SSSR count). The normalized spacial score (nSPS) is 16.9. The van der Waals surface area contributed by atoms with Crippen LogP contribution in [0.2, 0.25) is 0 Å². The number of nitrogens with zero attached hydrogens (tertiary/aromatic N) is 2. The highest BCUT2D eigenvalue weighted by Crippen LogP contribution is 2.29. The molecule has 0 unspecified atom stereocenters. The summed E-state index contributed by atoms with van der Waals surface area (Å²) in [5.41, 5.74) is 0.965. The minimum atomic E-state index is -0.730. The number of likely N-dealkylation sites (N-methyl/N-ethyl adjacent to an activating group) is 2. The van der Waals surface area contributed by atoms with Crippen molar-refractivity contribution in [2.45, 2.75) is 91.8 Å². The molecule has 0 radical (unpaired) electrons. The van der Waals surface area contributed by atoms with Crippen LogP contribution in [0.1, 0.15) is 73.8 Å². The van der Waals surface area contributed by atoms with Gasteiger partial charge in [-0.25, -0.2) is 0 Å². The van der Waals surface area contributed by atoms with Crippen LogP contribution < -0.4 is 10.6 Å². The van der Waals surface area contributed by atoms with Gasteiger partial charge in [0, 0.05) is 25.6 Å². The molecule has 1 aromatic rings. The van der Waals surface area contributed by atoms with E-state index in [1.807, 2.05) is 82.9 Å². The molecule has 1 heterocycles. The molecule has 230 valence electrons. The minimum absolute atomic E-state index is 0.0297. The summed E-state index contributed by atoms with van der Waals surface area (Å²) in [6.45, 7) is 18.1. The van der Waals surface area contributed by atoms with Gasteiger partial charge in [0.05, 0.1) is 18.7 Å². The second kappa shape index (κ2) is 15.0. The molecule has 8 nitrogen and oxygen atoms in total. The summed E-state index contributed by atoms with van der Waals surface area (Å²) < 4.78 is 5.72. The highest BCUT2D eigenvalue weighted by molar-refractivity contribution is 5.91. The summed E-state index contributed by atoms with van der Waals surface area (Å²) in [7, 11) is 3.57. The Hall–Kier alpha value is -2.71. The van der Waals surface area contributed by atoms with Crippen molar-refractivity contribution in [3.8, 4) is 0 Å². The fourth-order valence-electron chi connectivity index (χ4n) is 5.53. The first-order chi connectivity index (χ1) is 19.1. The van der Waals surface area contributed by atoms with Crippen LogP contribution in [-0.2, 0) is 24.5 Å². The van der Waals surface area contributed by atoms with E-state index in [1.165, 1.54) is 0 Å². The quantitative estimate of drug-likeness (QED) is 0.348. The molecule has 1 aliphatic rings. The van der Waals surface area contributed by atoms with Crippen molar-refractivity contribution in [3.05, 3.63) is 47.5 Å². The van der Waals surface area contributed by atoms with Gasteiger partial charge in [-0.2, -0.15) is 0 Å². The molecule has 1 fully saturated rings. The maximum Gasteiger partial charge on any atom is 0.248 e. The van der Waals surface area contributed by atoms with Crippen LogP contribution in [0.4, 0.5) is 0 Å². The van der Waals surface area contributed by atoms with E-state index in [0.717, 1.165) is 37.1 Å². The number of carbonyl (C=O) groups excluding carboxylic acids is 3. The lowest BCUT2D eigenvalue weighted by molar-refractivity contribution is -0.140. The monoisotopic (exact) mass is 570 g/mol. The van der Waals surface area contributed by atoms with Crippen LogP contribution in [0.3, 0.4) is 0 Å². The molecule has 1 aliphatic heterocycles. The van der Waals surface area contributed by atoms with Crippen molar-refractivity contribution in [2.75, 3.05) is 40.4 Å². The first-order valence-electron chi connectivity index (χ1n) is 14.9. The molecule has 8 heteroatoms. The molecule has 1 aromatic carbocycles. The number of amides is 3. The van der Waals surface area contributed by atoms with Gasteiger partial charge < -0.3 is 25.2 Å². The number of carbonyl (C=O) groups is 3. The first-order valence-corrected chi connectivity index (χ1v) is 14.9. The third kappa shape index (κ3) is 9.40. The minimum Gasteiger partial charge on any atom is -0.367 e. The molecule has 0 spiro atoms. The Bertz CT molecular complexity index is 1040. The Morgan fingerprint density at radius 2 is 1.59 bits per heavy atom. The topological polar surface area (TPSA) is 91.0 Å². The van der Waals surface area contributed by atoms with Gasteiger partial charge in [-0.1, -0.05) is 84.9 Å². The highest BCUT2D eigenvalue weighted by atomic mass is 16.5. The van der Waals surface area contributed by atoms with E-state index in [1.54, 1.807) is 19.0 Å². The Labute approximate surface area is 248 Å². The zero-order chi connectivity index (χ0) is 31.0. The second-order valence-electron chi connectivity index (χ2n) is 13.4. The standard InChI is InChI=1S/C33H54N4O4/c1-23(2)26(20-24(3)21-41-22-27(38)37-18-14-15-19-37)36(10)31(40)29(32(4,5)6)35-30(39)28(34-9)33(7,8)25-16-12-11-13-17-25/h11-13,16-17,20,23,26,28-29,34H,14-15,18-19,21-22H2,1-10H3,(H,35,39)/b24-20+/t26-,28-,29-/m1/s1. The van der Waals surface area contributed by atoms with Crippen molar-refractivity contribution in [3.63, 3.8) is 0 Å². The predicted octanol–water partition coefficient (Wildman–Crippen LogP) is 4.15. The van der Waals surface area contributed by atoms with Gasteiger partial charge in [0.15, 0.2) is 0 Å². The molecule has 2 N–H and O–H groups in total. The second-order valence-corrected chi connectivity index (χ2v) is 13.4. The van der Waals surface area contributed by atoms with Crippen LogP contribution in [0.25, 0.3) is 0 Å². The first kappa shape index (κ1) is 34.5. The maximum absolute atomic E-state index is 14.0. The van der Waals surface area contributed by atoms with Gasteiger partial charge in [0.25, 0.3) is 0 Å². The average Bonchev–Trinajstić information content (AvgIpc) is 3.45. The third-order valence-corrected chi connectivity index (χ3v) is 8.14. The van der Waals surface area contributed by atoms with Crippen LogP contribution in [0, 0.1) is 11.3 Å². The number of hydrogen-bond acceptors (Lipinski definition) is 5. The van der Waals surface area contributed by atoms with E-state index < -0.39 is 22.9 Å². The Kier molecular flexibility index (Phi) is 12.6. The lowest BCUT2D eigenvalue weighted by Crippen LogP contribution is -2.61.